The summed E-state index contributed by atoms with van der Waals surface area (Å²) in [4.78, 5) is 30.0. The topological polar surface area (TPSA) is 107 Å². The van der Waals surface area contributed by atoms with E-state index in [4.69, 9.17) is 0 Å². The van der Waals surface area contributed by atoms with Crippen LogP contribution in [0, 0.1) is 17.8 Å². The Morgan fingerprint density at radius 2 is 2.20 bits per heavy atom. The van der Waals surface area contributed by atoms with Gasteiger partial charge < -0.3 is 20.7 Å². The fraction of sp³-hybridized carbons (Fsp3) is 0.615. The summed E-state index contributed by atoms with van der Waals surface area (Å²) in [6, 6.07) is -0.559. The SMILES string of the molecule is O=C(NCc1cnc[nH]1)NC1C2CCC(C2)C1C(=O)O. The van der Waals surface area contributed by atoms with Gasteiger partial charge in [0, 0.05) is 12.2 Å². The number of fused-ring (bicyclic) bond motifs is 2. The van der Waals surface area contributed by atoms with E-state index in [-0.39, 0.29) is 18.0 Å². The Balaban J connectivity index is 1.56. The summed E-state index contributed by atoms with van der Waals surface area (Å²) >= 11 is 0. The van der Waals surface area contributed by atoms with Crippen LogP contribution in [0.15, 0.2) is 12.5 Å². The molecule has 108 valence electrons. The van der Waals surface area contributed by atoms with E-state index in [1.165, 1.54) is 0 Å². The minimum atomic E-state index is -0.795. The Hall–Kier alpha value is -2.05. The summed E-state index contributed by atoms with van der Waals surface area (Å²) in [6.45, 7) is 0.352. The fourth-order valence-electron chi connectivity index (χ4n) is 3.61. The normalized spacial score (nSPS) is 31.2. The zero-order chi connectivity index (χ0) is 14.1. The number of amides is 2. The molecule has 4 atom stereocenters. The van der Waals surface area contributed by atoms with Gasteiger partial charge in [-0.15, -0.1) is 0 Å². The predicted octanol–water partition coefficient (Wildman–Crippen LogP) is 0.708. The average molecular weight is 278 g/mol. The monoisotopic (exact) mass is 278 g/mol. The Kier molecular flexibility index (Phi) is 3.33. The van der Waals surface area contributed by atoms with Crippen LogP contribution in [0.5, 0.6) is 0 Å². The van der Waals surface area contributed by atoms with E-state index in [9.17, 15) is 14.7 Å². The van der Waals surface area contributed by atoms with Gasteiger partial charge in [0.05, 0.1) is 24.5 Å². The number of rotatable bonds is 4. The Morgan fingerprint density at radius 3 is 2.90 bits per heavy atom. The second-order valence-electron chi connectivity index (χ2n) is 5.63. The number of carbonyl (C=O) groups is 2. The van der Waals surface area contributed by atoms with Crippen molar-refractivity contribution in [2.75, 3.05) is 0 Å². The first kappa shape index (κ1) is 13.0. The first-order chi connectivity index (χ1) is 9.65. The third kappa shape index (κ3) is 2.35. The van der Waals surface area contributed by atoms with Crippen molar-refractivity contribution in [3.8, 4) is 0 Å². The van der Waals surface area contributed by atoms with E-state index < -0.39 is 11.9 Å². The van der Waals surface area contributed by atoms with Crippen molar-refractivity contribution in [1.29, 1.82) is 0 Å². The van der Waals surface area contributed by atoms with Crippen molar-refractivity contribution < 1.29 is 14.7 Å². The number of hydrogen-bond donors (Lipinski definition) is 4. The first-order valence-electron chi connectivity index (χ1n) is 6.89. The van der Waals surface area contributed by atoms with Crippen LogP contribution in [0.1, 0.15) is 25.0 Å². The maximum atomic E-state index is 11.9. The molecule has 0 aliphatic heterocycles. The summed E-state index contributed by atoms with van der Waals surface area (Å²) in [6.07, 6.45) is 6.08. The zero-order valence-corrected chi connectivity index (χ0v) is 11.0. The molecule has 2 aliphatic rings. The number of carboxylic acids is 1. The summed E-state index contributed by atoms with van der Waals surface area (Å²) in [5.74, 6) is -0.711. The predicted molar refractivity (Wildman–Crippen MR) is 69.7 cm³/mol. The number of aromatic amines is 1. The van der Waals surface area contributed by atoms with Crippen molar-refractivity contribution in [2.45, 2.75) is 31.8 Å². The highest BCUT2D eigenvalue weighted by atomic mass is 16.4. The fourth-order valence-corrected chi connectivity index (χ4v) is 3.61. The van der Waals surface area contributed by atoms with Crippen molar-refractivity contribution in [3.05, 3.63) is 18.2 Å². The van der Waals surface area contributed by atoms with E-state index >= 15 is 0 Å². The second-order valence-corrected chi connectivity index (χ2v) is 5.63. The number of nitrogens with zero attached hydrogens (tertiary/aromatic N) is 1. The molecule has 2 amide bonds. The van der Waals surface area contributed by atoms with E-state index in [2.05, 4.69) is 20.6 Å². The van der Waals surface area contributed by atoms with Crippen LogP contribution in [0.25, 0.3) is 0 Å². The number of aliphatic carboxylic acids is 1. The molecule has 0 spiro atoms. The molecule has 3 rings (SSSR count). The molecule has 1 heterocycles. The summed E-state index contributed by atoms with van der Waals surface area (Å²) < 4.78 is 0. The molecule has 20 heavy (non-hydrogen) atoms. The van der Waals surface area contributed by atoms with Gasteiger partial charge in [0.25, 0.3) is 0 Å². The van der Waals surface area contributed by atoms with Crippen molar-refractivity contribution in [2.24, 2.45) is 17.8 Å². The molecular weight excluding hydrogens is 260 g/mol. The molecule has 0 saturated heterocycles. The lowest BCUT2D eigenvalue weighted by atomic mass is 9.84. The van der Waals surface area contributed by atoms with Crippen LogP contribution < -0.4 is 10.6 Å². The van der Waals surface area contributed by atoms with Crippen LogP contribution in [-0.2, 0) is 11.3 Å². The van der Waals surface area contributed by atoms with Gasteiger partial charge in [-0.3, -0.25) is 4.79 Å². The summed E-state index contributed by atoms with van der Waals surface area (Å²) in [5, 5.41) is 14.9. The molecule has 4 unspecified atom stereocenters. The number of hydrogen-bond acceptors (Lipinski definition) is 3. The van der Waals surface area contributed by atoms with Gasteiger partial charge in [0.15, 0.2) is 0 Å². The second kappa shape index (κ2) is 5.15. The standard InChI is InChI=1S/C13H18N4O3/c18-12(19)10-7-1-2-8(3-7)11(10)17-13(20)15-5-9-4-14-6-16-9/h4,6-8,10-11H,1-3,5H2,(H,14,16)(H,18,19)(H2,15,17,20). The molecule has 4 N–H and O–H groups in total. The van der Waals surface area contributed by atoms with E-state index in [0.717, 1.165) is 25.0 Å². The highest BCUT2D eigenvalue weighted by Gasteiger charge is 2.51. The van der Waals surface area contributed by atoms with Crippen LogP contribution in [0.2, 0.25) is 0 Å². The molecule has 0 aromatic carbocycles. The van der Waals surface area contributed by atoms with E-state index in [0.29, 0.717) is 12.5 Å². The quantitative estimate of drug-likeness (QED) is 0.650. The molecule has 2 fully saturated rings. The van der Waals surface area contributed by atoms with Gasteiger partial charge in [-0.2, -0.15) is 0 Å². The number of H-pyrrole nitrogens is 1. The first-order valence-corrected chi connectivity index (χ1v) is 6.89. The molecule has 2 saturated carbocycles. The van der Waals surface area contributed by atoms with Gasteiger partial charge in [-0.25, -0.2) is 9.78 Å². The summed E-state index contributed by atoms with van der Waals surface area (Å²) in [5.41, 5.74) is 0.808. The van der Waals surface area contributed by atoms with Crippen LogP contribution in [0.4, 0.5) is 4.79 Å². The molecule has 2 bridgehead atoms. The Bertz CT molecular complexity index is 502. The molecular formula is C13H18N4O3. The van der Waals surface area contributed by atoms with Crippen LogP contribution in [0.3, 0.4) is 0 Å². The minimum absolute atomic E-state index is 0.218. The third-order valence-corrected chi connectivity index (χ3v) is 4.49. The number of carboxylic acid groups (broad SMARTS) is 1. The highest BCUT2D eigenvalue weighted by Crippen LogP contribution is 2.48. The van der Waals surface area contributed by atoms with E-state index in [1.54, 1.807) is 12.5 Å². The van der Waals surface area contributed by atoms with Crippen molar-refractivity contribution in [1.82, 2.24) is 20.6 Å². The lowest BCUT2D eigenvalue weighted by Gasteiger charge is -2.28. The minimum Gasteiger partial charge on any atom is -0.481 e. The van der Waals surface area contributed by atoms with Crippen LogP contribution >= 0.6 is 0 Å². The lowest BCUT2D eigenvalue weighted by molar-refractivity contribution is -0.144. The van der Waals surface area contributed by atoms with Crippen molar-refractivity contribution in [3.63, 3.8) is 0 Å². The van der Waals surface area contributed by atoms with Gasteiger partial charge in [-0.1, -0.05) is 0 Å². The largest absolute Gasteiger partial charge is 0.481 e. The number of carbonyl (C=O) groups excluding carboxylic acids is 1. The van der Waals surface area contributed by atoms with Gasteiger partial charge in [-0.05, 0) is 31.1 Å². The number of imidazole rings is 1. The third-order valence-electron chi connectivity index (χ3n) is 4.49. The van der Waals surface area contributed by atoms with Crippen molar-refractivity contribution >= 4 is 12.0 Å². The van der Waals surface area contributed by atoms with Crippen LogP contribution in [-0.4, -0.2) is 33.1 Å². The Morgan fingerprint density at radius 1 is 1.40 bits per heavy atom. The number of aromatic nitrogens is 2. The number of urea groups is 1. The maximum Gasteiger partial charge on any atom is 0.315 e. The zero-order valence-electron chi connectivity index (χ0n) is 11.0. The van der Waals surface area contributed by atoms with Gasteiger partial charge in [0.2, 0.25) is 0 Å². The average Bonchev–Trinajstić information content (AvgIpc) is 3.12. The molecule has 1 aromatic rings. The molecule has 1 aromatic heterocycles. The van der Waals surface area contributed by atoms with E-state index in [1.807, 2.05) is 0 Å². The number of nitrogens with one attached hydrogen (secondary N) is 3. The molecule has 0 radical (unpaired) electrons. The van der Waals surface area contributed by atoms with Gasteiger partial charge in [0.1, 0.15) is 0 Å². The van der Waals surface area contributed by atoms with Gasteiger partial charge >= 0.3 is 12.0 Å². The molecule has 2 aliphatic carbocycles. The summed E-state index contributed by atoms with van der Waals surface area (Å²) in [7, 11) is 0. The molecule has 7 heteroatoms. The highest BCUT2D eigenvalue weighted by molar-refractivity contribution is 5.77. The maximum absolute atomic E-state index is 11.9. The molecule has 7 nitrogen and oxygen atoms in total. The Labute approximate surface area is 116 Å². The lowest BCUT2D eigenvalue weighted by Crippen LogP contribution is -2.50. The smallest absolute Gasteiger partial charge is 0.315 e.